The van der Waals surface area contributed by atoms with E-state index >= 15 is 0 Å². The number of ether oxygens (including phenoxy) is 2. The SMILES string of the molecule is COc1cccc(/C=C2/SC(=O)N(CCc3ccccc3)C2=O)c1OCC(=O)O. The average Bonchev–Trinajstić information content (AvgIpc) is 2.98. The van der Waals surface area contributed by atoms with Crippen LogP contribution >= 0.6 is 11.8 Å². The molecule has 1 heterocycles. The van der Waals surface area contributed by atoms with Gasteiger partial charge in [0.25, 0.3) is 11.1 Å². The molecular weight excluding hydrogens is 394 g/mol. The molecule has 0 bridgehead atoms. The van der Waals surface area contributed by atoms with E-state index in [0.717, 1.165) is 17.3 Å². The maximum atomic E-state index is 12.7. The van der Waals surface area contributed by atoms with Crippen molar-refractivity contribution in [3.8, 4) is 11.5 Å². The van der Waals surface area contributed by atoms with Crippen LogP contribution in [-0.2, 0) is 16.0 Å². The summed E-state index contributed by atoms with van der Waals surface area (Å²) in [6, 6.07) is 14.6. The van der Waals surface area contributed by atoms with Crippen molar-refractivity contribution in [3.05, 3.63) is 64.6 Å². The van der Waals surface area contributed by atoms with Crippen molar-refractivity contribution < 1.29 is 29.0 Å². The monoisotopic (exact) mass is 413 g/mol. The fourth-order valence-electron chi connectivity index (χ4n) is 2.82. The predicted octanol–water partition coefficient (Wildman–Crippen LogP) is 3.44. The molecular formula is C21H19NO6S. The molecule has 0 aromatic heterocycles. The highest BCUT2D eigenvalue weighted by Gasteiger charge is 2.35. The zero-order valence-electron chi connectivity index (χ0n) is 15.7. The molecule has 0 saturated carbocycles. The number of carboxylic acid groups (broad SMARTS) is 1. The molecule has 1 saturated heterocycles. The number of aliphatic carboxylic acids is 1. The van der Waals surface area contributed by atoms with E-state index in [4.69, 9.17) is 14.6 Å². The number of rotatable bonds is 8. The van der Waals surface area contributed by atoms with Gasteiger partial charge in [-0.3, -0.25) is 14.5 Å². The summed E-state index contributed by atoms with van der Waals surface area (Å²) in [6.45, 7) is -0.272. The molecule has 2 aromatic rings. The van der Waals surface area contributed by atoms with Crippen molar-refractivity contribution >= 4 is 35.0 Å². The Hall–Kier alpha value is -3.26. The van der Waals surface area contributed by atoms with Crippen LogP contribution < -0.4 is 9.47 Å². The molecule has 3 rings (SSSR count). The largest absolute Gasteiger partial charge is 0.493 e. The van der Waals surface area contributed by atoms with Crippen molar-refractivity contribution in [1.29, 1.82) is 0 Å². The third-order valence-electron chi connectivity index (χ3n) is 4.20. The third-order valence-corrected chi connectivity index (χ3v) is 5.10. The molecule has 1 N–H and O–H groups in total. The Morgan fingerprint density at radius 1 is 1.14 bits per heavy atom. The second kappa shape index (κ2) is 9.29. The minimum atomic E-state index is -1.14. The standard InChI is InChI=1S/C21H19NO6S/c1-27-16-9-5-8-15(19(16)28-13-18(23)24)12-17-20(25)22(21(26)29-17)11-10-14-6-3-2-4-7-14/h2-9,12H,10-11,13H2,1H3,(H,23,24)/b17-12+. The number of carbonyl (C=O) groups excluding carboxylic acids is 2. The number of thioether (sulfide) groups is 1. The van der Waals surface area contributed by atoms with Gasteiger partial charge < -0.3 is 14.6 Å². The van der Waals surface area contributed by atoms with Crippen LogP contribution in [0.15, 0.2) is 53.4 Å². The van der Waals surface area contributed by atoms with Gasteiger partial charge in [0.05, 0.1) is 12.0 Å². The van der Waals surface area contributed by atoms with Crippen molar-refractivity contribution in [2.75, 3.05) is 20.3 Å². The van der Waals surface area contributed by atoms with Gasteiger partial charge in [0.15, 0.2) is 18.1 Å². The van der Waals surface area contributed by atoms with Crippen molar-refractivity contribution in [1.82, 2.24) is 4.90 Å². The Morgan fingerprint density at radius 2 is 1.90 bits per heavy atom. The van der Waals surface area contributed by atoms with Crippen LogP contribution in [0, 0.1) is 0 Å². The number of benzene rings is 2. The number of para-hydroxylation sites is 1. The van der Waals surface area contributed by atoms with E-state index in [1.54, 1.807) is 18.2 Å². The lowest BCUT2D eigenvalue weighted by atomic mass is 10.1. The molecule has 1 fully saturated rings. The Balaban J connectivity index is 1.81. The molecule has 0 aliphatic carbocycles. The summed E-state index contributed by atoms with van der Waals surface area (Å²) in [6.07, 6.45) is 2.09. The number of nitrogens with zero attached hydrogens (tertiary/aromatic N) is 1. The van der Waals surface area contributed by atoms with E-state index in [1.807, 2.05) is 30.3 Å². The third kappa shape index (κ3) is 4.97. The highest BCUT2D eigenvalue weighted by molar-refractivity contribution is 8.18. The van der Waals surface area contributed by atoms with Crippen LogP contribution in [0.25, 0.3) is 6.08 Å². The minimum Gasteiger partial charge on any atom is -0.493 e. The molecule has 7 nitrogen and oxygen atoms in total. The van der Waals surface area contributed by atoms with E-state index in [2.05, 4.69) is 0 Å². The molecule has 0 radical (unpaired) electrons. The quantitative estimate of drug-likeness (QED) is 0.663. The van der Waals surface area contributed by atoms with Crippen LogP contribution in [-0.4, -0.2) is 47.4 Å². The number of carboxylic acids is 1. The normalized spacial score (nSPS) is 15.1. The lowest BCUT2D eigenvalue weighted by Gasteiger charge is -2.13. The summed E-state index contributed by atoms with van der Waals surface area (Å²) < 4.78 is 10.6. The van der Waals surface area contributed by atoms with Crippen LogP contribution in [0.5, 0.6) is 11.5 Å². The number of carbonyl (C=O) groups is 3. The van der Waals surface area contributed by atoms with Crippen LogP contribution in [0.4, 0.5) is 4.79 Å². The lowest BCUT2D eigenvalue weighted by molar-refractivity contribution is -0.139. The highest BCUT2D eigenvalue weighted by Crippen LogP contribution is 2.37. The van der Waals surface area contributed by atoms with Gasteiger partial charge in [0.1, 0.15) is 0 Å². The fourth-order valence-corrected chi connectivity index (χ4v) is 3.67. The summed E-state index contributed by atoms with van der Waals surface area (Å²) in [4.78, 5) is 37.4. The highest BCUT2D eigenvalue weighted by atomic mass is 32.2. The second-order valence-electron chi connectivity index (χ2n) is 6.13. The number of hydrogen-bond donors (Lipinski definition) is 1. The second-order valence-corrected chi connectivity index (χ2v) is 7.12. The zero-order chi connectivity index (χ0) is 20.8. The first-order valence-corrected chi connectivity index (χ1v) is 9.62. The van der Waals surface area contributed by atoms with E-state index in [9.17, 15) is 14.4 Å². The van der Waals surface area contributed by atoms with Crippen molar-refractivity contribution in [2.24, 2.45) is 0 Å². The molecule has 2 aromatic carbocycles. The molecule has 0 atom stereocenters. The number of imide groups is 1. The smallest absolute Gasteiger partial charge is 0.341 e. The summed E-state index contributed by atoms with van der Waals surface area (Å²) in [7, 11) is 1.43. The molecule has 8 heteroatoms. The number of methoxy groups -OCH3 is 1. The molecule has 29 heavy (non-hydrogen) atoms. The maximum absolute atomic E-state index is 12.7. The Morgan fingerprint density at radius 3 is 2.59 bits per heavy atom. The van der Waals surface area contributed by atoms with Gasteiger partial charge in [-0.1, -0.05) is 42.5 Å². The van der Waals surface area contributed by atoms with Crippen LogP contribution in [0.2, 0.25) is 0 Å². The van der Waals surface area contributed by atoms with Gasteiger partial charge in [-0.2, -0.15) is 0 Å². The fraction of sp³-hybridized carbons (Fsp3) is 0.190. The average molecular weight is 413 g/mol. The van der Waals surface area contributed by atoms with Gasteiger partial charge in [0.2, 0.25) is 0 Å². The first-order valence-electron chi connectivity index (χ1n) is 8.80. The predicted molar refractivity (Wildman–Crippen MR) is 109 cm³/mol. The van der Waals surface area contributed by atoms with E-state index in [1.165, 1.54) is 18.1 Å². The molecule has 1 aliphatic heterocycles. The molecule has 0 spiro atoms. The van der Waals surface area contributed by atoms with Gasteiger partial charge in [0, 0.05) is 12.1 Å². The first-order chi connectivity index (χ1) is 14.0. The molecule has 0 unspecified atom stereocenters. The topological polar surface area (TPSA) is 93.1 Å². The van der Waals surface area contributed by atoms with Gasteiger partial charge in [-0.15, -0.1) is 0 Å². The van der Waals surface area contributed by atoms with Gasteiger partial charge in [-0.05, 0) is 35.9 Å². The summed E-state index contributed by atoms with van der Waals surface area (Å²) in [5.74, 6) is -0.984. The van der Waals surface area contributed by atoms with Gasteiger partial charge in [-0.25, -0.2) is 4.79 Å². The summed E-state index contributed by atoms with van der Waals surface area (Å²) >= 11 is 0.844. The Bertz CT molecular complexity index is 957. The summed E-state index contributed by atoms with van der Waals surface area (Å²) in [5, 5.41) is 8.55. The summed E-state index contributed by atoms with van der Waals surface area (Å²) in [5.41, 5.74) is 1.49. The molecule has 150 valence electrons. The van der Waals surface area contributed by atoms with Gasteiger partial charge >= 0.3 is 5.97 Å². The zero-order valence-corrected chi connectivity index (χ0v) is 16.5. The van der Waals surface area contributed by atoms with Crippen LogP contribution in [0.1, 0.15) is 11.1 Å². The minimum absolute atomic E-state index is 0.202. The molecule has 2 amide bonds. The Labute approximate surface area is 171 Å². The lowest BCUT2D eigenvalue weighted by Crippen LogP contribution is -2.30. The number of hydrogen-bond acceptors (Lipinski definition) is 6. The van der Waals surface area contributed by atoms with Crippen molar-refractivity contribution in [2.45, 2.75) is 6.42 Å². The van der Waals surface area contributed by atoms with E-state index < -0.39 is 12.6 Å². The van der Waals surface area contributed by atoms with Crippen molar-refractivity contribution in [3.63, 3.8) is 0 Å². The van der Waals surface area contributed by atoms with E-state index in [0.29, 0.717) is 17.7 Å². The first kappa shape index (κ1) is 20.5. The number of amides is 2. The maximum Gasteiger partial charge on any atom is 0.341 e. The van der Waals surface area contributed by atoms with Crippen LogP contribution in [0.3, 0.4) is 0 Å². The van der Waals surface area contributed by atoms with E-state index in [-0.39, 0.29) is 28.3 Å². The Kier molecular flexibility index (Phi) is 6.56. The molecule has 1 aliphatic rings.